The van der Waals surface area contributed by atoms with Crippen molar-refractivity contribution >= 4 is 46.4 Å². The predicted molar refractivity (Wildman–Crippen MR) is 97.3 cm³/mol. The van der Waals surface area contributed by atoms with Crippen molar-refractivity contribution in [1.29, 1.82) is 0 Å². The lowest BCUT2D eigenvalue weighted by atomic mass is 10.1. The number of nitrogens with one attached hydrogen (secondary N) is 2. The summed E-state index contributed by atoms with van der Waals surface area (Å²) in [5, 5.41) is 7.35. The van der Waals surface area contributed by atoms with E-state index in [4.69, 9.17) is 16.3 Å². The summed E-state index contributed by atoms with van der Waals surface area (Å²) in [4.78, 5) is 36.8. The smallest absolute Gasteiger partial charge is 0.341 e. The van der Waals surface area contributed by atoms with E-state index < -0.39 is 18.0 Å². The van der Waals surface area contributed by atoms with Crippen LogP contribution in [0, 0.1) is 0 Å². The summed E-state index contributed by atoms with van der Waals surface area (Å²) in [5.74, 6) is -1.48. The molecule has 0 bridgehead atoms. The number of amides is 2. The van der Waals surface area contributed by atoms with E-state index in [1.807, 2.05) is 0 Å². The Hall–Kier alpha value is -2.38. The van der Waals surface area contributed by atoms with Gasteiger partial charge in [0.05, 0.1) is 16.1 Å². The second kappa shape index (κ2) is 8.64. The van der Waals surface area contributed by atoms with Gasteiger partial charge in [-0.1, -0.05) is 17.7 Å². The van der Waals surface area contributed by atoms with Gasteiger partial charge >= 0.3 is 5.97 Å². The maximum absolute atomic E-state index is 12.4. The van der Waals surface area contributed by atoms with Gasteiger partial charge in [0.2, 0.25) is 0 Å². The Morgan fingerprint density at radius 2 is 2.04 bits per heavy atom. The van der Waals surface area contributed by atoms with Crippen LogP contribution in [0.1, 0.15) is 33.9 Å². The van der Waals surface area contributed by atoms with E-state index in [2.05, 4.69) is 10.6 Å². The summed E-state index contributed by atoms with van der Waals surface area (Å²) in [7, 11) is 0. The Morgan fingerprint density at radius 3 is 2.68 bits per heavy atom. The molecule has 2 rings (SSSR count). The van der Waals surface area contributed by atoms with Gasteiger partial charge in [-0.05, 0) is 43.5 Å². The van der Waals surface area contributed by atoms with Crippen LogP contribution >= 0.6 is 22.9 Å². The fraction of sp³-hybridized carbons (Fsp3) is 0.235. The van der Waals surface area contributed by atoms with Crippen molar-refractivity contribution in [3.05, 3.63) is 51.2 Å². The number of rotatable bonds is 6. The molecule has 0 spiro atoms. The minimum absolute atomic E-state index is 0.116. The van der Waals surface area contributed by atoms with Crippen LogP contribution in [-0.4, -0.2) is 30.4 Å². The molecule has 0 saturated heterocycles. The summed E-state index contributed by atoms with van der Waals surface area (Å²) in [6.07, 6.45) is -0.955. The minimum Gasteiger partial charge on any atom is -0.449 e. The van der Waals surface area contributed by atoms with E-state index >= 15 is 0 Å². The second-order valence-corrected chi connectivity index (χ2v) is 6.45. The first-order valence-corrected chi connectivity index (χ1v) is 8.81. The van der Waals surface area contributed by atoms with Gasteiger partial charge in [0.15, 0.2) is 6.10 Å². The van der Waals surface area contributed by atoms with E-state index in [1.165, 1.54) is 36.5 Å². The van der Waals surface area contributed by atoms with E-state index in [0.717, 1.165) is 0 Å². The van der Waals surface area contributed by atoms with Gasteiger partial charge in [-0.15, -0.1) is 11.3 Å². The number of anilines is 1. The average Bonchev–Trinajstić information content (AvgIpc) is 3.09. The van der Waals surface area contributed by atoms with Crippen LogP contribution in [0.25, 0.3) is 0 Å². The summed E-state index contributed by atoms with van der Waals surface area (Å²) < 4.78 is 5.16. The highest BCUT2D eigenvalue weighted by atomic mass is 35.5. The number of hydrogen-bond acceptors (Lipinski definition) is 5. The lowest BCUT2D eigenvalue weighted by molar-refractivity contribution is -0.128. The number of likely N-dealkylation sites (N-methyl/N-ethyl adjacent to an activating group) is 1. The van der Waals surface area contributed by atoms with Crippen molar-refractivity contribution in [1.82, 2.24) is 5.32 Å². The summed E-state index contributed by atoms with van der Waals surface area (Å²) in [6, 6.07) is 7.83. The van der Waals surface area contributed by atoms with E-state index in [9.17, 15) is 14.4 Å². The fourth-order valence-electron chi connectivity index (χ4n) is 1.99. The highest BCUT2D eigenvalue weighted by molar-refractivity contribution is 7.12. The molecule has 1 heterocycles. The first-order valence-electron chi connectivity index (χ1n) is 7.55. The van der Waals surface area contributed by atoms with Gasteiger partial charge in [-0.25, -0.2) is 4.79 Å². The zero-order valence-corrected chi connectivity index (χ0v) is 15.2. The highest BCUT2D eigenvalue weighted by Gasteiger charge is 2.21. The first kappa shape index (κ1) is 19.0. The Labute approximate surface area is 154 Å². The van der Waals surface area contributed by atoms with Crippen molar-refractivity contribution in [2.24, 2.45) is 0 Å². The number of hydrogen-bond donors (Lipinski definition) is 2. The SMILES string of the molecule is CCNC(=O)[C@H](C)OC(=O)c1ccc(Cl)cc1NC(=O)c1cccs1. The predicted octanol–water partition coefficient (Wildman–Crippen LogP) is 3.34. The van der Waals surface area contributed by atoms with Crippen molar-refractivity contribution in [3.8, 4) is 0 Å². The third-order valence-corrected chi connectivity index (χ3v) is 4.30. The lowest BCUT2D eigenvalue weighted by Gasteiger charge is -2.15. The lowest BCUT2D eigenvalue weighted by Crippen LogP contribution is -2.35. The zero-order valence-electron chi connectivity index (χ0n) is 13.7. The van der Waals surface area contributed by atoms with Gasteiger partial charge in [0, 0.05) is 11.6 Å². The molecular formula is C17H17ClN2O4S. The number of halogens is 1. The maximum Gasteiger partial charge on any atom is 0.341 e. The van der Waals surface area contributed by atoms with Crippen molar-refractivity contribution in [2.75, 3.05) is 11.9 Å². The van der Waals surface area contributed by atoms with Crippen LogP contribution in [0.2, 0.25) is 5.02 Å². The monoisotopic (exact) mass is 380 g/mol. The summed E-state index contributed by atoms with van der Waals surface area (Å²) in [6.45, 7) is 3.68. The van der Waals surface area contributed by atoms with Crippen LogP contribution in [0.4, 0.5) is 5.69 Å². The molecule has 6 nitrogen and oxygen atoms in total. The third-order valence-electron chi connectivity index (χ3n) is 3.20. The van der Waals surface area contributed by atoms with Crippen LogP contribution in [0.5, 0.6) is 0 Å². The molecule has 0 aliphatic heterocycles. The maximum atomic E-state index is 12.4. The van der Waals surface area contributed by atoms with Gasteiger partial charge < -0.3 is 15.4 Å². The normalized spacial score (nSPS) is 11.5. The summed E-state index contributed by atoms with van der Waals surface area (Å²) in [5.41, 5.74) is 0.337. The van der Waals surface area contributed by atoms with Crippen LogP contribution in [0.15, 0.2) is 35.7 Å². The Morgan fingerprint density at radius 1 is 1.28 bits per heavy atom. The molecule has 0 unspecified atom stereocenters. The molecule has 0 fully saturated rings. The molecule has 0 saturated carbocycles. The van der Waals surface area contributed by atoms with E-state index in [-0.39, 0.29) is 17.2 Å². The number of thiophene rings is 1. The zero-order chi connectivity index (χ0) is 18.4. The second-order valence-electron chi connectivity index (χ2n) is 5.06. The molecule has 2 N–H and O–H groups in total. The number of benzene rings is 1. The van der Waals surface area contributed by atoms with Gasteiger partial charge in [0.1, 0.15) is 0 Å². The molecule has 1 aromatic carbocycles. The molecule has 0 aliphatic rings. The van der Waals surface area contributed by atoms with Gasteiger partial charge in [0.25, 0.3) is 11.8 Å². The molecule has 25 heavy (non-hydrogen) atoms. The van der Waals surface area contributed by atoms with Crippen LogP contribution in [0.3, 0.4) is 0 Å². The van der Waals surface area contributed by atoms with Crippen molar-refractivity contribution < 1.29 is 19.1 Å². The standard InChI is InChI=1S/C17H17ClN2O4S/c1-3-19-15(21)10(2)24-17(23)12-7-6-11(18)9-13(12)20-16(22)14-5-4-8-25-14/h4-10H,3H2,1-2H3,(H,19,21)(H,20,22)/t10-/m0/s1. The Kier molecular flexibility index (Phi) is 6.55. The number of ether oxygens (including phenoxy) is 1. The molecule has 2 amide bonds. The molecule has 8 heteroatoms. The molecule has 1 atom stereocenters. The number of carbonyl (C=O) groups is 3. The van der Waals surface area contributed by atoms with Crippen LogP contribution in [-0.2, 0) is 9.53 Å². The number of esters is 1. The number of carbonyl (C=O) groups excluding carboxylic acids is 3. The van der Waals surface area contributed by atoms with Crippen LogP contribution < -0.4 is 10.6 Å². The first-order chi connectivity index (χ1) is 11.9. The highest BCUT2D eigenvalue weighted by Crippen LogP contribution is 2.24. The topological polar surface area (TPSA) is 84.5 Å². The quantitative estimate of drug-likeness (QED) is 0.753. The van der Waals surface area contributed by atoms with Crippen molar-refractivity contribution in [3.63, 3.8) is 0 Å². The van der Waals surface area contributed by atoms with Gasteiger partial charge in [-0.3, -0.25) is 9.59 Å². The Bertz CT molecular complexity index is 777. The van der Waals surface area contributed by atoms with Gasteiger partial charge in [-0.2, -0.15) is 0 Å². The fourth-order valence-corrected chi connectivity index (χ4v) is 2.78. The molecular weight excluding hydrogens is 364 g/mol. The largest absolute Gasteiger partial charge is 0.449 e. The minimum atomic E-state index is -0.955. The molecule has 0 radical (unpaired) electrons. The molecule has 2 aromatic rings. The molecule has 0 aliphatic carbocycles. The van der Waals surface area contributed by atoms with E-state index in [0.29, 0.717) is 16.4 Å². The van der Waals surface area contributed by atoms with E-state index in [1.54, 1.807) is 24.4 Å². The molecule has 132 valence electrons. The Balaban J connectivity index is 2.18. The average molecular weight is 381 g/mol. The van der Waals surface area contributed by atoms with Crippen molar-refractivity contribution in [2.45, 2.75) is 20.0 Å². The molecule has 1 aromatic heterocycles. The summed E-state index contributed by atoms with van der Waals surface area (Å²) >= 11 is 7.24. The third kappa shape index (κ3) is 5.04.